The molecule has 0 bridgehead atoms. The minimum Gasteiger partial charge on any atom is -0.444 e. The molecule has 8 nitrogen and oxygen atoms in total. The fourth-order valence-electron chi connectivity index (χ4n) is 2.44. The molecule has 0 fully saturated rings. The van der Waals surface area contributed by atoms with Crippen molar-refractivity contribution >= 4 is 12.2 Å². The molecular weight excluding hydrogens is 360 g/mol. The number of nitrogens with one attached hydrogen (secondary N) is 2. The van der Waals surface area contributed by atoms with Crippen molar-refractivity contribution in [1.29, 1.82) is 0 Å². The van der Waals surface area contributed by atoms with E-state index >= 15 is 0 Å². The van der Waals surface area contributed by atoms with E-state index in [0.29, 0.717) is 45.3 Å². The van der Waals surface area contributed by atoms with Gasteiger partial charge in [-0.1, -0.05) is 12.2 Å². The number of hydrogen-bond acceptors (Lipinski definition) is 6. The van der Waals surface area contributed by atoms with Crippen molar-refractivity contribution < 1.29 is 19.1 Å². The molecule has 0 spiro atoms. The highest BCUT2D eigenvalue weighted by molar-refractivity contribution is 5.67. The number of hydrogen-bond donors (Lipinski definition) is 4. The Balaban J connectivity index is 4.33. The summed E-state index contributed by atoms with van der Waals surface area (Å²) in [5, 5.41) is 5.47. The van der Waals surface area contributed by atoms with E-state index in [2.05, 4.69) is 10.6 Å². The lowest BCUT2D eigenvalue weighted by Crippen LogP contribution is -2.40. The standard InChI is InChI=1S/C20H40N4O4/c1-18(2,3)27-16(25)23-14-8-11-20(22,10-7-13-21)12-9-15-24-17(26)28-19(4,5)6/h7,10H,8-9,11-15,21-22H2,1-6H3,(H,23,25)(H,24,26)/b10-7+. The zero-order valence-corrected chi connectivity index (χ0v) is 18.4. The zero-order valence-electron chi connectivity index (χ0n) is 18.4. The van der Waals surface area contributed by atoms with Crippen LogP contribution < -0.4 is 22.1 Å². The van der Waals surface area contributed by atoms with E-state index in [1.165, 1.54) is 0 Å². The van der Waals surface area contributed by atoms with Crippen LogP contribution in [-0.4, -0.2) is 48.6 Å². The van der Waals surface area contributed by atoms with Crippen LogP contribution in [-0.2, 0) is 9.47 Å². The maximum absolute atomic E-state index is 11.7. The molecule has 28 heavy (non-hydrogen) atoms. The lowest BCUT2D eigenvalue weighted by molar-refractivity contribution is 0.0516. The van der Waals surface area contributed by atoms with Gasteiger partial charge < -0.3 is 31.6 Å². The molecule has 0 rings (SSSR count). The molecular formula is C20H40N4O4. The van der Waals surface area contributed by atoms with Gasteiger partial charge in [-0.05, 0) is 67.2 Å². The van der Waals surface area contributed by atoms with Crippen LogP contribution in [0.2, 0.25) is 0 Å². The summed E-state index contributed by atoms with van der Waals surface area (Å²) in [5.41, 5.74) is 10.5. The van der Waals surface area contributed by atoms with Gasteiger partial charge in [-0.15, -0.1) is 0 Å². The maximum Gasteiger partial charge on any atom is 0.407 e. The van der Waals surface area contributed by atoms with Crippen LogP contribution in [0.15, 0.2) is 12.2 Å². The first-order valence-corrected chi connectivity index (χ1v) is 9.87. The van der Waals surface area contributed by atoms with Crippen LogP contribution in [0.3, 0.4) is 0 Å². The fourth-order valence-corrected chi connectivity index (χ4v) is 2.44. The monoisotopic (exact) mass is 400 g/mol. The number of amides is 2. The van der Waals surface area contributed by atoms with Crippen molar-refractivity contribution in [3.8, 4) is 0 Å². The first-order chi connectivity index (χ1) is 12.8. The van der Waals surface area contributed by atoms with Crippen molar-refractivity contribution in [3.63, 3.8) is 0 Å². The Hall–Kier alpha value is -1.80. The van der Waals surface area contributed by atoms with Crippen LogP contribution in [0.1, 0.15) is 67.2 Å². The van der Waals surface area contributed by atoms with Gasteiger partial charge >= 0.3 is 12.2 Å². The third-order valence-corrected chi connectivity index (χ3v) is 3.56. The Bertz CT molecular complexity index is 471. The second-order valence-electron chi connectivity index (χ2n) is 8.94. The Kier molecular flexibility index (Phi) is 11.1. The van der Waals surface area contributed by atoms with Crippen LogP contribution in [0.4, 0.5) is 9.59 Å². The zero-order chi connectivity index (χ0) is 21.8. The normalized spacial score (nSPS) is 12.7. The summed E-state index contributed by atoms with van der Waals surface area (Å²) in [6.07, 6.45) is 5.62. The Morgan fingerprint density at radius 1 is 0.857 bits per heavy atom. The van der Waals surface area contributed by atoms with Gasteiger partial charge in [-0.25, -0.2) is 9.59 Å². The second kappa shape index (κ2) is 11.9. The molecule has 0 aliphatic carbocycles. The van der Waals surface area contributed by atoms with Gasteiger partial charge in [-0.2, -0.15) is 0 Å². The van der Waals surface area contributed by atoms with Crippen molar-refractivity contribution in [2.45, 2.75) is 84.0 Å². The molecule has 164 valence electrons. The van der Waals surface area contributed by atoms with Crippen LogP contribution in [0, 0.1) is 0 Å². The molecule has 0 saturated heterocycles. The lowest BCUT2D eigenvalue weighted by Gasteiger charge is -2.27. The number of alkyl carbamates (subject to hydrolysis) is 2. The van der Waals surface area contributed by atoms with E-state index < -0.39 is 28.9 Å². The number of rotatable bonds is 10. The molecule has 0 aromatic carbocycles. The largest absolute Gasteiger partial charge is 0.444 e. The number of ether oxygens (including phenoxy) is 2. The molecule has 2 amide bonds. The maximum atomic E-state index is 11.7. The van der Waals surface area contributed by atoms with Crippen LogP contribution in [0.5, 0.6) is 0 Å². The van der Waals surface area contributed by atoms with Gasteiger partial charge in [-0.3, -0.25) is 0 Å². The third-order valence-electron chi connectivity index (χ3n) is 3.56. The quantitative estimate of drug-likeness (QED) is 0.330. The fraction of sp³-hybridized carbons (Fsp3) is 0.800. The summed E-state index contributed by atoms with van der Waals surface area (Å²) in [6, 6.07) is 0. The van der Waals surface area contributed by atoms with Crippen molar-refractivity contribution in [3.05, 3.63) is 12.2 Å². The topological polar surface area (TPSA) is 129 Å². The Labute approximate surface area is 169 Å². The predicted molar refractivity (Wildman–Crippen MR) is 112 cm³/mol. The van der Waals surface area contributed by atoms with Gasteiger partial charge in [0.1, 0.15) is 11.2 Å². The highest BCUT2D eigenvalue weighted by atomic mass is 16.6. The molecule has 6 N–H and O–H groups in total. The molecule has 0 atom stereocenters. The van der Waals surface area contributed by atoms with E-state index in [-0.39, 0.29) is 0 Å². The van der Waals surface area contributed by atoms with Crippen molar-refractivity contribution in [2.24, 2.45) is 11.5 Å². The predicted octanol–water partition coefficient (Wildman–Crippen LogP) is 2.81. The lowest BCUT2D eigenvalue weighted by atomic mass is 9.88. The van der Waals surface area contributed by atoms with Crippen LogP contribution in [0.25, 0.3) is 0 Å². The first kappa shape index (κ1) is 26.2. The van der Waals surface area contributed by atoms with Gasteiger partial charge in [0.05, 0.1) is 0 Å². The molecule has 0 saturated carbocycles. The summed E-state index contributed by atoms with van der Waals surface area (Å²) < 4.78 is 10.4. The van der Waals surface area contributed by atoms with Gasteiger partial charge in [0.25, 0.3) is 0 Å². The molecule has 8 heteroatoms. The summed E-state index contributed by atoms with van der Waals surface area (Å²) >= 11 is 0. The summed E-state index contributed by atoms with van der Waals surface area (Å²) in [6.45, 7) is 12.3. The van der Waals surface area contributed by atoms with E-state index in [9.17, 15) is 9.59 Å². The molecule has 0 unspecified atom stereocenters. The molecule has 0 aliphatic heterocycles. The highest BCUT2D eigenvalue weighted by Gasteiger charge is 2.22. The average Bonchev–Trinajstić information content (AvgIpc) is 2.51. The summed E-state index contributed by atoms with van der Waals surface area (Å²) in [7, 11) is 0. The minimum atomic E-state index is -0.551. The third kappa shape index (κ3) is 15.3. The minimum absolute atomic E-state index is 0.408. The molecule has 0 aromatic heterocycles. The summed E-state index contributed by atoms with van der Waals surface area (Å²) in [5.74, 6) is 0. The number of nitrogens with two attached hydrogens (primary N) is 2. The van der Waals surface area contributed by atoms with E-state index in [1.807, 2.05) is 53.7 Å². The average molecular weight is 401 g/mol. The van der Waals surface area contributed by atoms with E-state index in [0.717, 1.165) is 0 Å². The van der Waals surface area contributed by atoms with Gasteiger partial charge in [0.2, 0.25) is 0 Å². The molecule has 0 aromatic rings. The van der Waals surface area contributed by atoms with E-state index in [1.54, 1.807) is 0 Å². The highest BCUT2D eigenvalue weighted by Crippen LogP contribution is 2.18. The molecule has 0 aliphatic rings. The SMILES string of the molecule is CC(C)(C)OC(=O)NCCCC(N)(/C=C/CN)CCCNC(=O)OC(C)(C)C. The molecule has 0 radical (unpaired) electrons. The number of carbonyl (C=O) groups is 2. The molecule has 0 heterocycles. The van der Waals surface area contributed by atoms with Crippen molar-refractivity contribution in [1.82, 2.24) is 10.6 Å². The van der Waals surface area contributed by atoms with Crippen LogP contribution >= 0.6 is 0 Å². The summed E-state index contributed by atoms with van der Waals surface area (Å²) in [4.78, 5) is 23.4. The Morgan fingerprint density at radius 2 is 1.25 bits per heavy atom. The smallest absolute Gasteiger partial charge is 0.407 e. The number of carbonyl (C=O) groups excluding carboxylic acids is 2. The van der Waals surface area contributed by atoms with Gasteiger partial charge in [0, 0.05) is 25.2 Å². The van der Waals surface area contributed by atoms with Gasteiger partial charge in [0.15, 0.2) is 0 Å². The Morgan fingerprint density at radius 3 is 1.57 bits per heavy atom. The van der Waals surface area contributed by atoms with Crippen molar-refractivity contribution in [2.75, 3.05) is 19.6 Å². The van der Waals surface area contributed by atoms with E-state index in [4.69, 9.17) is 20.9 Å². The second-order valence-corrected chi connectivity index (χ2v) is 8.94. The first-order valence-electron chi connectivity index (χ1n) is 9.87.